The number of pyridine rings is 1. The molecule has 10 heteroatoms. The lowest BCUT2D eigenvalue weighted by molar-refractivity contribution is 0.601. The second-order valence-corrected chi connectivity index (χ2v) is 7.40. The van der Waals surface area contributed by atoms with Crippen LogP contribution in [0.1, 0.15) is 11.1 Å². The summed E-state index contributed by atoms with van der Waals surface area (Å²) in [5.74, 6) is -0.476. The van der Waals surface area contributed by atoms with Gasteiger partial charge in [0.25, 0.3) is 11.1 Å². The summed E-state index contributed by atoms with van der Waals surface area (Å²) in [4.78, 5) is 26.6. The van der Waals surface area contributed by atoms with E-state index in [-0.39, 0.29) is 11.2 Å². The van der Waals surface area contributed by atoms with Crippen molar-refractivity contribution in [2.24, 2.45) is 0 Å². The van der Waals surface area contributed by atoms with Gasteiger partial charge >= 0.3 is 0 Å². The Labute approximate surface area is 166 Å². The minimum atomic E-state index is -0.984. The number of nitrogens with one attached hydrogen (secondary N) is 1. The van der Waals surface area contributed by atoms with Crippen LogP contribution in [-0.4, -0.2) is 24.4 Å². The Morgan fingerprint density at radius 3 is 2.82 bits per heavy atom. The molecule has 0 aliphatic heterocycles. The van der Waals surface area contributed by atoms with Crippen LogP contribution in [0.4, 0.5) is 4.39 Å². The molecule has 4 rings (SSSR count). The molecule has 1 N–H and O–H groups in total. The highest BCUT2D eigenvalue weighted by molar-refractivity contribution is 7.98. The van der Waals surface area contributed by atoms with Gasteiger partial charge in [-0.25, -0.2) is 4.39 Å². The summed E-state index contributed by atoms with van der Waals surface area (Å²) >= 11 is 7.29. The van der Waals surface area contributed by atoms with Gasteiger partial charge in [0.15, 0.2) is 16.5 Å². The van der Waals surface area contributed by atoms with E-state index in [9.17, 15) is 14.0 Å². The molecule has 0 bridgehead atoms. The summed E-state index contributed by atoms with van der Waals surface area (Å²) in [6, 6.07) is 8.07. The van der Waals surface area contributed by atoms with E-state index in [1.807, 2.05) is 19.1 Å². The molecular formula is C18H13ClFN5O2S. The molecule has 28 heavy (non-hydrogen) atoms. The highest BCUT2D eigenvalue weighted by atomic mass is 35.5. The van der Waals surface area contributed by atoms with Gasteiger partial charge in [-0.05, 0) is 36.2 Å². The molecule has 142 valence electrons. The lowest BCUT2D eigenvalue weighted by Crippen LogP contribution is -2.25. The summed E-state index contributed by atoms with van der Waals surface area (Å²) < 4.78 is 16.3. The maximum Gasteiger partial charge on any atom is 0.285 e. The van der Waals surface area contributed by atoms with Gasteiger partial charge in [0.2, 0.25) is 0 Å². The van der Waals surface area contributed by atoms with Crippen LogP contribution in [-0.2, 0) is 5.75 Å². The second kappa shape index (κ2) is 7.25. The first kappa shape index (κ1) is 18.5. The van der Waals surface area contributed by atoms with Gasteiger partial charge < -0.3 is 4.98 Å². The molecular weight excluding hydrogens is 405 g/mol. The molecule has 1 aromatic carbocycles. The number of aromatic amines is 1. The van der Waals surface area contributed by atoms with Crippen LogP contribution in [0.25, 0.3) is 11.2 Å². The molecule has 3 aromatic heterocycles. The fourth-order valence-electron chi connectivity index (χ4n) is 2.72. The van der Waals surface area contributed by atoms with Gasteiger partial charge in [-0.2, -0.15) is 5.10 Å². The zero-order valence-electron chi connectivity index (χ0n) is 14.5. The number of hydrogen-bond donors (Lipinski definition) is 1. The molecule has 7 nitrogen and oxygen atoms in total. The van der Waals surface area contributed by atoms with E-state index in [0.29, 0.717) is 15.9 Å². The molecule has 0 fully saturated rings. The highest BCUT2D eigenvalue weighted by Gasteiger charge is 2.16. The standard InChI is InChI=1S/C18H13ClFN5O2S/c1-10-6-12(19)3-2-11(10)9-28-18-23-25-15(4-5-22-25)17(27)24(18)13-7-14(20)16(26)21-8-13/h2-8H,9H2,1H3,(H,21,26). The molecule has 0 spiro atoms. The largest absolute Gasteiger partial charge is 0.324 e. The van der Waals surface area contributed by atoms with Crippen molar-refractivity contribution in [2.45, 2.75) is 17.8 Å². The van der Waals surface area contributed by atoms with Crippen molar-refractivity contribution >= 4 is 28.9 Å². The van der Waals surface area contributed by atoms with Gasteiger partial charge in [-0.3, -0.25) is 14.2 Å². The molecule has 0 saturated heterocycles. The number of halogens is 2. The number of thioether (sulfide) groups is 1. The summed E-state index contributed by atoms with van der Waals surface area (Å²) in [5, 5.41) is 9.35. The van der Waals surface area contributed by atoms with Gasteiger partial charge in [0, 0.05) is 23.0 Å². The van der Waals surface area contributed by atoms with Crippen molar-refractivity contribution in [3.8, 4) is 5.69 Å². The molecule has 0 radical (unpaired) electrons. The lowest BCUT2D eigenvalue weighted by atomic mass is 10.1. The number of hydrogen-bond acceptors (Lipinski definition) is 5. The number of aryl methyl sites for hydroxylation is 1. The number of H-pyrrole nitrogens is 1. The normalized spacial score (nSPS) is 11.2. The molecule has 0 saturated carbocycles. The average Bonchev–Trinajstić information content (AvgIpc) is 3.12. The maximum absolute atomic E-state index is 13.8. The zero-order chi connectivity index (χ0) is 19.8. The molecule has 0 unspecified atom stereocenters. The Kier molecular flexibility index (Phi) is 4.78. The summed E-state index contributed by atoms with van der Waals surface area (Å²) in [6.45, 7) is 1.94. The number of benzene rings is 1. The van der Waals surface area contributed by atoms with Crippen molar-refractivity contribution in [3.05, 3.63) is 85.4 Å². The fourth-order valence-corrected chi connectivity index (χ4v) is 4.01. The Morgan fingerprint density at radius 1 is 1.25 bits per heavy atom. The number of fused-ring (bicyclic) bond motifs is 1. The Morgan fingerprint density at radius 2 is 2.07 bits per heavy atom. The van der Waals surface area contributed by atoms with E-state index in [1.54, 1.807) is 6.07 Å². The SMILES string of the molecule is Cc1cc(Cl)ccc1CSc1nn2nccc2c(=O)n1-c1c[nH]c(=O)c(F)c1. The molecule has 0 atom stereocenters. The number of rotatable bonds is 4. The molecule has 0 amide bonds. The van der Waals surface area contributed by atoms with Crippen molar-refractivity contribution in [3.63, 3.8) is 0 Å². The van der Waals surface area contributed by atoms with Gasteiger partial charge in [-0.15, -0.1) is 9.73 Å². The first-order valence-corrected chi connectivity index (χ1v) is 9.54. The van der Waals surface area contributed by atoms with E-state index in [1.165, 1.54) is 39.4 Å². The quantitative estimate of drug-likeness (QED) is 0.516. The minimum Gasteiger partial charge on any atom is -0.324 e. The Balaban J connectivity index is 1.83. The molecule has 0 aliphatic carbocycles. The van der Waals surface area contributed by atoms with E-state index in [0.717, 1.165) is 17.2 Å². The van der Waals surface area contributed by atoms with Gasteiger partial charge in [-0.1, -0.05) is 29.4 Å². The van der Waals surface area contributed by atoms with Crippen LogP contribution in [0.15, 0.2) is 57.5 Å². The van der Waals surface area contributed by atoms with Gasteiger partial charge in [0.05, 0.1) is 11.9 Å². The van der Waals surface area contributed by atoms with E-state index in [4.69, 9.17) is 11.6 Å². The van der Waals surface area contributed by atoms with Crippen molar-refractivity contribution in [2.75, 3.05) is 0 Å². The highest BCUT2D eigenvalue weighted by Crippen LogP contribution is 2.25. The summed E-state index contributed by atoms with van der Waals surface area (Å²) in [6.07, 6.45) is 2.73. The average molecular weight is 418 g/mol. The van der Waals surface area contributed by atoms with Crippen LogP contribution < -0.4 is 11.1 Å². The monoisotopic (exact) mass is 417 g/mol. The minimum absolute atomic E-state index is 0.175. The third-order valence-electron chi connectivity index (χ3n) is 4.18. The van der Waals surface area contributed by atoms with Crippen molar-refractivity contribution < 1.29 is 4.39 Å². The van der Waals surface area contributed by atoms with Crippen molar-refractivity contribution in [1.82, 2.24) is 24.4 Å². The van der Waals surface area contributed by atoms with Crippen molar-refractivity contribution in [1.29, 1.82) is 0 Å². The van der Waals surface area contributed by atoms with Crippen LogP contribution in [0.3, 0.4) is 0 Å². The third-order valence-corrected chi connectivity index (χ3v) is 5.39. The number of nitrogens with zero attached hydrogens (tertiary/aromatic N) is 4. The second-order valence-electron chi connectivity index (χ2n) is 6.02. The van der Waals surface area contributed by atoms with Gasteiger partial charge in [0.1, 0.15) is 0 Å². The van der Waals surface area contributed by atoms with E-state index in [2.05, 4.69) is 15.2 Å². The number of aromatic nitrogens is 5. The first-order valence-electron chi connectivity index (χ1n) is 8.17. The van der Waals surface area contributed by atoms with E-state index >= 15 is 0 Å². The molecule has 0 aliphatic rings. The summed E-state index contributed by atoms with van der Waals surface area (Å²) in [5.41, 5.74) is 1.15. The zero-order valence-corrected chi connectivity index (χ0v) is 16.1. The predicted octanol–water partition coefficient (Wildman–Crippen LogP) is 2.96. The smallest absolute Gasteiger partial charge is 0.285 e. The molecule has 4 aromatic rings. The topological polar surface area (TPSA) is 85.1 Å². The fraction of sp³-hybridized carbons (Fsp3) is 0.111. The Bertz CT molecular complexity index is 1310. The lowest BCUT2D eigenvalue weighted by Gasteiger charge is -2.12. The maximum atomic E-state index is 13.8. The molecule has 3 heterocycles. The van der Waals surface area contributed by atoms with Crippen LogP contribution in [0, 0.1) is 12.7 Å². The van der Waals surface area contributed by atoms with Crippen LogP contribution in [0.2, 0.25) is 5.02 Å². The van der Waals surface area contributed by atoms with E-state index < -0.39 is 16.9 Å². The van der Waals surface area contributed by atoms with Crippen LogP contribution >= 0.6 is 23.4 Å². The third kappa shape index (κ3) is 3.34. The predicted molar refractivity (Wildman–Crippen MR) is 105 cm³/mol. The summed E-state index contributed by atoms with van der Waals surface area (Å²) in [7, 11) is 0. The Hall–Kier alpha value is -2.91. The first-order chi connectivity index (χ1) is 13.4. The van der Waals surface area contributed by atoms with Crippen LogP contribution in [0.5, 0.6) is 0 Å².